The van der Waals surface area contributed by atoms with E-state index >= 15 is 0 Å². The van der Waals surface area contributed by atoms with Crippen LogP contribution < -0.4 is 10.2 Å². The van der Waals surface area contributed by atoms with Gasteiger partial charge in [-0.2, -0.15) is 26.3 Å². The van der Waals surface area contributed by atoms with Gasteiger partial charge in [0.15, 0.2) is 10.8 Å². The normalized spacial score (nSPS) is 17.6. The molecule has 14 heteroatoms. The van der Waals surface area contributed by atoms with Crippen molar-refractivity contribution in [2.24, 2.45) is 0 Å². The summed E-state index contributed by atoms with van der Waals surface area (Å²) in [6.07, 6.45) is -5.94. The number of hydrogen-bond donors (Lipinski definition) is 1. The molecule has 1 amide bonds. The second-order valence-corrected chi connectivity index (χ2v) is 10.1. The zero-order valence-corrected chi connectivity index (χ0v) is 21.2. The van der Waals surface area contributed by atoms with Crippen molar-refractivity contribution in [2.75, 3.05) is 43.0 Å². The van der Waals surface area contributed by atoms with Crippen LogP contribution in [0, 0.1) is 0 Å². The molecule has 0 spiro atoms. The summed E-state index contributed by atoms with van der Waals surface area (Å²) < 4.78 is 85.8. The van der Waals surface area contributed by atoms with Crippen molar-refractivity contribution in [3.05, 3.63) is 39.9 Å². The highest BCUT2D eigenvalue weighted by atomic mass is 32.1. The van der Waals surface area contributed by atoms with E-state index in [-0.39, 0.29) is 23.6 Å². The van der Waals surface area contributed by atoms with Crippen molar-refractivity contribution in [3.63, 3.8) is 0 Å². The molecular formula is C24H26F6N4O3S. The first kappa shape index (κ1) is 28.1. The van der Waals surface area contributed by atoms with Crippen molar-refractivity contribution < 1.29 is 40.7 Å². The molecule has 1 N–H and O–H groups in total. The van der Waals surface area contributed by atoms with E-state index in [1.807, 2.05) is 0 Å². The molecule has 1 aromatic carbocycles. The largest absolute Gasteiger partial charge is 0.462 e. The number of piperidine rings is 1. The number of halogens is 6. The molecule has 2 saturated heterocycles. The van der Waals surface area contributed by atoms with Crippen LogP contribution in [0.3, 0.4) is 0 Å². The van der Waals surface area contributed by atoms with E-state index in [0.29, 0.717) is 25.2 Å². The topological polar surface area (TPSA) is 74.8 Å². The molecule has 4 rings (SSSR count). The van der Waals surface area contributed by atoms with Crippen molar-refractivity contribution in [1.82, 2.24) is 9.88 Å². The highest BCUT2D eigenvalue weighted by Gasteiger charge is 2.40. The number of rotatable bonds is 6. The third kappa shape index (κ3) is 6.40. The van der Waals surface area contributed by atoms with Gasteiger partial charge < -0.3 is 14.5 Å². The second-order valence-electron chi connectivity index (χ2n) is 9.10. The zero-order valence-electron chi connectivity index (χ0n) is 20.4. The van der Waals surface area contributed by atoms with Gasteiger partial charge in [0.2, 0.25) is 0 Å². The van der Waals surface area contributed by atoms with Crippen molar-refractivity contribution >= 4 is 34.0 Å². The first-order valence-corrected chi connectivity index (χ1v) is 13.0. The molecule has 3 heterocycles. The first-order valence-electron chi connectivity index (χ1n) is 12.1. The molecule has 208 valence electrons. The maximum atomic E-state index is 13.7. The fraction of sp³-hybridized carbons (Fsp3) is 0.542. The summed E-state index contributed by atoms with van der Waals surface area (Å²) in [7, 11) is 0. The highest BCUT2D eigenvalue weighted by Crippen LogP contribution is 2.38. The number of ether oxygens (including phenoxy) is 1. The van der Waals surface area contributed by atoms with Crippen LogP contribution in [-0.2, 0) is 17.1 Å². The summed E-state index contributed by atoms with van der Waals surface area (Å²) in [5.41, 5.74) is -2.78. The number of hydrogen-bond acceptors (Lipinski definition) is 7. The number of carbonyl (C=O) groups excluding carboxylic acids is 2. The van der Waals surface area contributed by atoms with Gasteiger partial charge in [-0.3, -0.25) is 10.1 Å². The summed E-state index contributed by atoms with van der Waals surface area (Å²) in [6.45, 7) is 4.28. The third-order valence-corrected chi connectivity index (χ3v) is 7.52. The fourth-order valence-electron chi connectivity index (χ4n) is 4.75. The number of aromatic nitrogens is 1. The number of carbonyl (C=O) groups is 2. The van der Waals surface area contributed by atoms with Crippen LogP contribution in [0.5, 0.6) is 0 Å². The second kappa shape index (κ2) is 11.1. The lowest BCUT2D eigenvalue weighted by Gasteiger charge is -2.38. The molecule has 7 nitrogen and oxygen atoms in total. The maximum Gasteiger partial charge on any atom is 0.435 e. The molecule has 1 aromatic heterocycles. The van der Waals surface area contributed by atoms with E-state index in [2.05, 4.69) is 19.9 Å². The van der Waals surface area contributed by atoms with Crippen LogP contribution in [0.4, 0.5) is 37.2 Å². The number of likely N-dealkylation sites (tertiary alicyclic amines) is 1. The number of esters is 1. The predicted molar refractivity (Wildman–Crippen MR) is 129 cm³/mol. The van der Waals surface area contributed by atoms with E-state index in [0.717, 1.165) is 44.8 Å². The summed E-state index contributed by atoms with van der Waals surface area (Å²) in [5.74, 6) is -2.35. The quantitative estimate of drug-likeness (QED) is 0.360. The average molecular weight is 565 g/mol. The van der Waals surface area contributed by atoms with Crippen molar-refractivity contribution in [2.45, 2.75) is 51.0 Å². The predicted octanol–water partition coefficient (Wildman–Crippen LogP) is 5.67. The molecule has 0 saturated carbocycles. The molecule has 38 heavy (non-hydrogen) atoms. The van der Waals surface area contributed by atoms with Crippen LogP contribution in [-0.4, -0.2) is 60.6 Å². The molecule has 0 atom stereocenters. The Morgan fingerprint density at radius 1 is 1.03 bits per heavy atom. The van der Waals surface area contributed by atoms with Gasteiger partial charge in [0.25, 0.3) is 5.91 Å². The number of benzene rings is 1. The van der Waals surface area contributed by atoms with Gasteiger partial charge in [-0.25, -0.2) is 9.78 Å². The molecule has 2 aliphatic rings. The van der Waals surface area contributed by atoms with Crippen LogP contribution in [0.25, 0.3) is 0 Å². The first-order chi connectivity index (χ1) is 17.9. The van der Waals surface area contributed by atoms with Crippen LogP contribution in [0.1, 0.15) is 63.9 Å². The Bertz CT molecular complexity index is 1170. The van der Waals surface area contributed by atoms with Gasteiger partial charge in [0.1, 0.15) is 4.88 Å². The van der Waals surface area contributed by atoms with Gasteiger partial charge in [0.05, 0.1) is 12.2 Å². The Hall–Kier alpha value is -2.87. The average Bonchev–Trinajstić information content (AvgIpc) is 3.54. The molecule has 2 fully saturated rings. The fourth-order valence-corrected chi connectivity index (χ4v) is 5.63. The SMILES string of the molecule is CCOC(=O)c1sc(NC(=O)c2cc(N3CCC(N4CCCC4)CC3)cc(C(F)(F)F)c2)nc1C(F)(F)F. The summed E-state index contributed by atoms with van der Waals surface area (Å²) in [5, 5.41) is 1.52. The van der Waals surface area contributed by atoms with E-state index in [1.54, 1.807) is 4.90 Å². The smallest absolute Gasteiger partial charge is 0.435 e. The van der Waals surface area contributed by atoms with Crippen LogP contribution >= 0.6 is 11.3 Å². The van der Waals surface area contributed by atoms with Crippen LogP contribution in [0.2, 0.25) is 0 Å². The molecular weight excluding hydrogens is 538 g/mol. The number of anilines is 2. The van der Waals surface area contributed by atoms with Gasteiger partial charge in [-0.05, 0) is 63.9 Å². The Kier molecular flexibility index (Phi) is 8.21. The summed E-state index contributed by atoms with van der Waals surface area (Å²) >= 11 is 0.237. The Labute approximate surface area is 218 Å². The molecule has 0 aliphatic carbocycles. The lowest BCUT2D eigenvalue weighted by Crippen LogP contribution is -2.44. The van der Waals surface area contributed by atoms with Gasteiger partial charge >= 0.3 is 18.3 Å². The molecule has 2 aromatic rings. The van der Waals surface area contributed by atoms with E-state index in [9.17, 15) is 35.9 Å². The van der Waals surface area contributed by atoms with Gasteiger partial charge in [0, 0.05) is 30.4 Å². The zero-order chi connectivity index (χ0) is 27.7. The highest BCUT2D eigenvalue weighted by molar-refractivity contribution is 7.17. The van der Waals surface area contributed by atoms with E-state index < -0.39 is 51.1 Å². The van der Waals surface area contributed by atoms with Crippen LogP contribution in [0.15, 0.2) is 18.2 Å². The Balaban J connectivity index is 1.57. The number of alkyl halides is 6. The number of nitrogens with zero attached hydrogens (tertiary/aromatic N) is 3. The monoisotopic (exact) mass is 564 g/mol. The third-order valence-electron chi connectivity index (χ3n) is 6.57. The molecule has 0 unspecified atom stereocenters. The lowest BCUT2D eigenvalue weighted by molar-refractivity contribution is -0.141. The van der Waals surface area contributed by atoms with E-state index in [4.69, 9.17) is 0 Å². The number of nitrogens with one attached hydrogen (secondary N) is 1. The summed E-state index contributed by atoms with van der Waals surface area (Å²) in [4.78, 5) is 31.5. The molecule has 2 aliphatic heterocycles. The van der Waals surface area contributed by atoms with Gasteiger partial charge in [-0.1, -0.05) is 11.3 Å². The van der Waals surface area contributed by atoms with Gasteiger partial charge in [-0.15, -0.1) is 0 Å². The van der Waals surface area contributed by atoms with Crippen molar-refractivity contribution in [1.29, 1.82) is 0 Å². The minimum Gasteiger partial charge on any atom is -0.462 e. The van der Waals surface area contributed by atoms with E-state index in [1.165, 1.54) is 13.0 Å². The minimum absolute atomic E-state index is 0.183. The number of thiazole rings is 1. The maximum absolute atomic E-state index is 13.7. The minimum atomic E-state index is -5.01. The standard InChI is InChI=1S/C24H26F6N4O3S/c1-2-37-21(36)18-19(24(28,29)30)31-22(38-18)32-20(35)14-11-15(23(25,26)27)13-17(12-14)34-9-5-16(6-10-34)33-7-3-4-8-33/h11-13,16H,2-10H2,1H3,(H,31,32,35). The Morgan fingerprint density at radius 3 is 2.26 bits per heavy atom. The molecule has 0 bridgehead atoms. The number of amides is 1. The van der Waals surface area contributed by atoms with Crippen molar-refractivity contribution in [3.8, 4) is 0 Å². The molecule has 0 radical (unpaired) electrons. The summed E-state index contributed by atoms with van der Waals surface area (Å²) in [6, 6.07) is 3.26. The Morgan fingerprint density at radius 2 is 1.68 bits per heavy atom. The lowest BCUT2D eigenvalue weighted by atomic mass is 10.0.